The quantitative estimate of drug-likeness (QED) is 0.497. The number of nitrogens with one attached hydrogen (secondary N) is 1. The highest BCUT2D eigenvalue weighted by Crippen LogP contribution is 2.31. The lowest BCUT2D eigenvalue weighted by Gasteiger charge is -1.91. The second-order valence-corrected chi connectivity index (χ2v) is 4.55. The zero-order valence-electron chi connectivity index (χ0n) is 9.79. The van der Waals surface area contributed by atoms with E-state index in [1.165, 1.54) is 0 Å². The molecule has 0 bridgehead atoms. The maximum Gasteiger partial charge on any atom is 0.145 e. The van der Waals surface area contributed by atoms with Crippen molar-refractivity contribution in [2.75, 3.05) is 0 Å². The number of fused-ring (bicyclic) bond motifs is 5. The third kappa shape index (κ3) is 1.02. The summed E-state index contributed by atoms with van der Waals surface area (Å²) in [6.07, 6.45) is 0. The fourth-order valence-electron chi connectivity index (χ4n) is 2.58. The Morgan fingerprint density at radius 2 is 1.78 bits per heavy atom. The van der Waals surface area contributed by atoms with Crippen LogP contribution in [0, 0.1) is 0 Å². The molecule has 2 heteroatoms. The van der Waals surface area contributed by atoms with Crippen LogP contribution in [0.15, 0.2) is 40.8 Å². The predicted molar refractivity (Wildman–Crippen MR) is 75.9 cm³/mol. The van der Waals surface area contributed by atoms with E-state index < -0.39 is 0 Å². The van der Waals surface area contributed by atoms with Gasteiger partial charge in [0, 0.05) is 21.3 Å². The highest BCUT2D eigenvalue weighted by atomic mass is 16.3. The zero-order chi connectivity index (χ0) is 12.3. The Morgan fingerprint density at radius 1 is 0.944 bits per heavy atom. The third-order valence-electron chi connectivity index (χ3n) is 3.50. The van der Waals surface area contributed by atoms with E-state index in [0.717, 1.165) is 43.4 Å². The monoisotopic (exact) mass is 233 g/mol. The summed E-state index contributed by atoms with van der Waals surface area (Å²) in [5, 5.41) is 5.06. The van der Waals surface area contributed by atoms with Gasteiger partial charge >= 0.3 is 0 Å². The van der Waals surface area contributed by atoms with Crippen molar-refractivity contribution in [3.05, 3.63) is 47.0 Å². The first kappa shape index (κ1) is 9.54. The molecule has 2 heterocycles. The fourth-order valence-corrected chi connectivity index (χ4v) is 2.58. The minimum Gasteiger partial charge on any atom is -0.455 e. The van der Waals surface area contributed by atoms with Crippen molar-refractivity contribution in [1.29, 1.82) is 0 Å². The second-order valence-electron chi connectivity index (χ2n) is 4.55. The summed E-state index contributed by atoms with van der Waals surface area (Å²) >= 11 is 0. The first-order valence-electron chi connectivity index (χ1n) is 5.85. The molecule has 18 heavy (non-hydrogen) atoms. The van der Waals surface area contributed by atoms with E-state index in [9.17, 15) is 0 Å². The Balaban J connectivity index is 2.43. The SMILES string of the molecule is C=c1[nH]c2ccc3c4ccccc4oc3c2c1=C. The maximum absolute atomic E-state index is 5.97. The Labute approximate surface area is 103 Å². The van der Waals surface area contributed by atoms with Crippen molar-refractivity contribution >= 4 is 46.0 Å². The van der Waals surface area contributed by atoms with E-state index in [-0.39, 0.29) is 0 Å². The predicted octanol–water partition coefficient (Wildman–Crippen LogP) is 2.89. The number of benzene rings is 2. The summed E-state index contributed by atoms with van der Waals surface area (Å²) < 4.78 is 5.97. The van der Waals surface area contributed by atoms with E-state index in [1.807, 2.05) is 18.2 Å². The van der Waals surface area contributed by atoms with Crippen molar-refractivity contribution in [3.8, 4) is 0 Å². The summed E-state index contributed by atoms with van der Waals surface area (Å²) in [5.74, 6) is 0. The molecule has 2 aromatic heterocycles. The number of aromatic nitrogens is 1. The van der Waals surface area contributed by atoms with Crippen LogP contribution in [0.25, 0.3) is 46.0 Å². The molecule has 0 fully saturated rings. The standard InChI is InChI=1S/C16H11NO/c1-9-10(2)17-13-8-7-12-11-5-3-4-6-14(11)18-16(12)15(9)13/h3-8,17H,1-2H2. The number of furan rings is 1. The van der Waals surface area contributed by atoms with Crippen molar-refractivity contribution in [3.63, 3.8) is 0 Å². The van der Waals surface area contributed by atoms with E-state index in [2.05, 4.69) is 36.3 Å². The van der Waals surface area contributed by atoms with Gasteiger partial charge in [0.2, 0.25) is 0 Å². The second kappa shape index (κ2) is 3.05. The minimum absolute atomic E-state index is 0.845. The molecule has 0 aliphatic heterocycles. The molecule has 0 unspecified atom stereocenters. The molecule has 2 aromatic carbocycles. The van der Waals surface area contributed by atoms with Crippen molar-refractivity contribution in [2.24, 2.45) is 0 Å². The summed E-state index contributed by atoms with van der Waals surface area (Å²) in [5.41, 5.74) is 2.83. The molecule has 4 rings (SSSR count). The van der Waals surface area contributed by atoms with Gasteiger partial charge in [0.15, 0.2) is 0 Å². The van der Waals surface area contributed by atoms with E-state index in [4.69, 9.17) is 4.42 Å². The molecule has 0 atom stereocenters. The molecule has 0 saturated heterocycles. The van der Waals surface area contributed by atoms with Crippen molar-refractivity contribution in [1.82, 2.24) is 4.98 Å². The van der Waals surface area contributed by atoms with Gasteiger partial charge in [0.1, 0.15) is 11.2 Å². The van der Waals surface area contributed by atoms with Gasteiger partial charge in [-0.25, -0.2) is 0 Å². The molecule has 0 spiro atoms. The molecule has 0 radical (unpaired) electrons. The molecule has 0 saturated carbocycles. The number of para-hydroxylation sites is 1. The van der Waals surface area contributed by atoms with Gasteiger partial charge in [-0.3, -0.25) is 0 Å². The smallest absolute Gasteiger partial charge is 0.145 e. The first-order valence-corrected chi connectivity index (χ1v) is 5.85. The summed E-state index contributed by atoms with van der Waals surface area (Å²) in [6.45, 7) is 8.03. The van der Waals surface area contributed by atoms with Gasteiger partial charge in [-0.05, 0) is 18.2 Å². The molecule has 2 nitrogen and oxygen atoms in total. The van der Waals surface area contributed by atoms with Gasteiger partial charge in [0.05, 0.1) is 10.9 Å². The maximum atomic E-state index is 5.97. The van der Waals surface area contributed by atoms with Crippen LogP contribution in [0.2, 0.25) is 0 Å². The normalized spacial score (nSPS) is 11.8. The molecule has 86 valence electrons. The van der Waals surface area contributed by atoms with E-state index in [1.54, 1.807) is 0 Å². The number of aromatic amines is 1. The third-order valence-corrected chi connectivity index (χ3v) is 3.50. The molecule has 1 N–H and O–H groups in total. The van der Waals surface area contributed by atoms with Crippen LogP contribution < -0.4 is 10.6 Å². The Bertz CT molecular complexity index is 1000. The van der Waals surface area contributed by atoms with Gasteiger partial charge in [-0.1, -0.05) is 31.4 Å². The van der Waals surface area contributed by atoms with Crippen molar-refractivity contribution in [2.45, 2.75) is 0 Å². The van der Waals surface area contributed by atoms with Crippen LogP contribution in [0.3, 0.4) is 0 Å². The lowest BCUT2D eigenvalue weighted by atomic mass is 10.1. The van der Waals surface area contributed by atoms with E-state index in [0.29, 0.717) is 0 Å². The summed E-state index contributed by atoms with van der Waals surface area (Å²) in [4.78, 5) is 3.23. The van der Waals surface area contributed by atoms with Crippen LogP contribution in [0.4, 0.5) is 0 Å². The van der Waals surface area contributed by atoms with E-state index >= 15 is 0 Å². The van der Waals surface area contributed by atoms with Gasteiger partial charge in [-0.2, -0.15) is 0 Å². The number of rotatable bonds is 0. The van der Waals surface area contributed by atoms with Crippen LogP contribution in [-0.2, 0) is 0 Å². The highest BCUT2D eigenvalue weighted by Gasteiger charge is 2.11. The lowest BCUT2D eigenvalue weighted by Crippen LogP contribution is -2.18. The molecular formula is C16H11NO. The number of H-pyrrole nitrogens is 1. The van der Waals surface area contributed by atoms with Crippen molar-refractivity contribution < 1.29 is 4.42 Å². The highest BCUT2D eigenvalue weighted by molar-refractivity contribution is 6.14. The Morgan fingerprint density at radius 3 is 2.67 bits per heavy atom. The van der Waals surface area contributed by atoms with Crippen LogP contribution >= 0.6 is 0 Å². The Hall–Kier alpha value is -2.48. The minimum atomic E-state index is 0.845. The lowest BCUT2D eigenvalue weighted by molar-refractivity contribution is 0.672. The van der Waals surface area contributed by atoms with Crippen LogP contribution in [0.1, 0.15) is 0 Å². The Kier molecular flexibility index (Phi) is 1.61. The zero-order valence-corrected chi connectivity index (χ0v) is 9.79. The molecular weight excluding hydrogens is 222 g/mol. The average Bonchev–Trinajstić information content (AvgIpc) is 2.88. The molecule has 0 aliphatic carbocycles. The topological polar surface area (TPSA) is 28.9 Å². The van der Waals surface area contributed by atoms with Gasteiger partial charge in [-0.15, -0.1) is 0 Å². The largest absolute Gasteiger partial charge is 0.455 e. The fraction of sp³-hybridized carbons (Fsp3) is 0. The molecule has 0 amide bonds. The summed E-state index contributed by atoms with van der Waals surface area (Å²) in [6, 6.07) is 12.2. The van der Waals surface area contributed by atoms with Crippen LogP contribution in [0.5, 0.6) is 0 Å². The number of hydrogen-bond donors (Lipinski definition) is 1. The molecule has 0 aliphatic rings. The first-order chi connectivity index (χ1) is 8.75. The van der Waals surface area contributed by atoms with Crippen LogP contribution in [-0.4, -0.2) is 4.98 Å². The molecule has 4 aromatic rings. The van der Waals surface area contributed by atoms with Gasteiger partial charge < -0.3 is 9.40 Å². The average molecular weight is 233 g/mol. The summed E-state index contributed by atoms with van der Waals surface area (Å²) in [7, 11) is 0. The van der Waals surface area contributed by atoms with Gasteiger partial charge in [0.25, 0.3) is 0 Å². The number of hydrogen-bond acceptors (Lipinski definition) is 1.